The number of aromatic amines is 1. The lowest BCUT2D eigenvalue weighted by Gasteiger charge is -1.99. The summed E-state index contributed by atoms with van der Waals surface area (Å²) in [5.41, 5.74) is 1.61. The maximum atomic E-state index is 11.4. The van der Waals surface area contributed by atoms with Crippen LogP contribution in [0.1, 0.15) is 12.6 Å². The Kier molecular flexibility index (Phi) is 2.43. The summed E-state index contributed by atoms with van der Waals surface area (Å²) in [6, 6.07) is 0. The van der Waals surface area contributed by atoms with Crippen LogP contribution in [0, 0.1) is 6.92 Å². The zero-order valence-corrected chi connectivity index (χ0v) is 9.59. The van der Waals surface area contributed by atoms with Crippen LogP contribution in [-0.2, 0) is 4.79 Å². The molecular weight excluding hydrogens is 230 g/mol. The van der Waals surface area contributed by atoms with Crippen molar-refractivity contribution in [3.8, 4) is 0 Å². The first-order valence-electron chi connectivity index (χ1n) is 4.56. The Hall–Kier alpha value is -1.82. The van der Waals surface area contributed by atoms with E-state index in [-0.39, 0.29) is 11.9 Å². The van der Waals surface area contributed by atoms with Crippen molar-refractivity contribution in [2.45, 2.75) is 13.8 Å². The lowest BCUT2D eigenvalue weighted by Crippen LogP contribution is -2.14. The molecule has 16 heavy (non-hydrogen) atoms. The van der Waals surface area contributed by atoms with Crippen molar-refractivity contribution in [2.24, 2.45) is 0 Å². The average molecular weight is 240 g/mol. The summed E-state index contributed by atoms with van der Waals surface area (Å²) in [7, 11) is 0. The van der Waals surface area contributed by atoms with E-state index in [1.54, 1.807) is 13.8 Å². The smallest absolute Gasteiger partial charge is 0.253 e. The van der Waals surface area contributed by atoms with Crippen LogP contribution in [-0.4, -0.2) is 25.7 Å². The predicted molar refractivity (Wildman–Crippen MR) is 60.5 cm³/mol. The van der Waals surface area contributed by atoms with Gasteiger partial charge in [0.25, 0.3) is 5.91 Å². The number of fused-ring (bicyclic) bond motifs is 1. The molecule has 0 saturated heterocycles. The average Bonchev–Trinajstić information content (AvgIpc) is 2.71. The molecule has 0 aliphatic rings. The van der Waals surface area contributed by atoms with Crippen molar-refractivity contribution >= 4 is 29.1 Å². The molecule has 2 N–H and O–H groups in total. The molecule has 2 aromatic rings. The lowest BCUT2D eigenvalue weighted by molar-refractivity contribution is -0.112. The molecule has 0 aliphatic heterocycles. The van der Waals surface area contributed by atoms with E-state index in [1.807, 2.05) is 0 Å². The number of nitrogens with zero attached hydrogens (tertiary/aromatic N) is 3. The highest BCUT2D eigenvalue weighted by Gasteiger charge is 2.15. The van der Waals surface area contributed by atoms with Crippen LogP contribution in [0.2, 0.25) is 5.02 Å². The van der Waals surface area contributed by atoms with Gasteiger partial charge >= 0.3 is 0 Å². The fourth-order valence-electron chi connectivity index (χ4n) is 1.20. The van der Waals surface area contributed by atoms with Gasteiger partial charge in [0.2, 0.25) is 5.95 Å². The number of halogens is 1. The summed E-state index contributed by atoms with van der Waals surface area (Å²) >= 11 is 5.97. The summed E-state index contributed by atoms with van der Waals surface area (Å²) in [5, 5.41) is 13.8. The second kappa shape index (κ2) is 3.64. The number of anilines is 1. The van der Waals surface area contributed by atoms with Crippen molar-refractivity contribution in [1.29, 1.82) is 0 Å². The largest absolute Gasteiger partial charge is 0.289 e. The van der Waals surface area contributed by atoms with E-state index in [0.717, 1.165) is 0 Å². The van der Waals surface area contributed by atoms with E-state index in [1.165, 1.54) is 4.52 Å². The first kappa shape index (κ1) is 10.7. The van der Waals surface area contributed by atoms with Gasteiger partial charge in [0.15, 0.2) is 5.65 Å². The van der Waals surface area contributed by atoms with Gasteiger partial charge in [-0.25, -0.2) is 0 Å². The molecule has 0 saturated carbocycles. The second-order valence-corrected chi connectivity index (χ2v) is 3.82. The Bertz CT molecular complexity index is 582. The Balaban J connectivity index is 2.42. The van der Waals surface area contributed by atoms with Crippen LogP contribution < -0.4 is 5.32 Å². The van der Waals surface area contributed by atoms with Crippen molar-refractivity contribution in [3.05, 3.63) is 22.9 Å². The van der Waals surface area contributed by atoms with Crippen LogP contribution >= 0.6 is 11.6 Å². The molecular formula is C9H10ClN5O. The van der Waals surface area contributed by atoms with Gasteiger partial charge in [-0.1, -0.05) is 18.2 Å². The van der Waals surface area contributed by atoms with E-state index >= 15 is 0 Å². The number of rotatable bonds is 2. The molecule has 0 spiro atoms. The molecule has 0 aliphatic carbocycles. The molecule has 0 fully saturated rings. The molecule has 2 rings (SSSR count). The van der Waals surface area contributed by atoms with Crippen LogP contribution in [0.25, 0.3) is 5.65 Å². The topological polar surface area (TPSA) is 75.1 Å². The maximum absolute atomic E-state index is 11.4. The first-order chi connectivity index (χ1) is 7.50. The van der Waals surface area contributed by atoms with Gasteiger partial charge in [-0.15, -0.1) is 5.10 Å². The van der Waals surface area contributed by atoms with Gasteiger partial charge in [-0.3, -0.25) is 15.2 Å². The fraction of sp³-hybridized carbons (Fsp3) is 0.222. The molecule has 0 atom stereocenters. The van der Waals surface area contributed by atoms with Crippen molar-refractivity contribution in [3.63, 3.8) is 0 Å². The summed E-state index contributed by atoms with van der Waals surface area (Å²) in [5.74, 6) is -0.0179. The summed E-state index contributed by atoms with van der Waals surface area (Å²) in [4.78, 5) is 11.4. The van der Waals surface area contributed by atoms with Crippen molar-refractivity contribution < 1.29 is 4.79 Å². The third kappa shape index (κ3) is 1.57. The van der Waals surface area contributed by atoms with E-state index in [2.05, 4.69) is 27.2 Å². The highest BCUT2D eigenvalue weighted by Crippen LogP contribution is 2.21. The quantitative estimate of drug-likeness (QED) is 0.781. The van der Waals surface area contributed by atoms with Crippen LogP contribution in [0.5, 0.6) is 0 Å². The van der Waals surface area contributed by atoms with Crippen LogP contribution in [0.4, 0.5) is 5.95 Å². The number of aromatic nitrogens is 4. The van der Waals surface area contributed by atoms with Crippen molar-refractivity contribution in [1.82, 2.24) is 19.8 Å². The third-order valence-electron chi connectivity index (χ3n) is 2.07. The van der Waals surface area contributed by atoms with E-state index < -0.39 is 0 Å². The number of nitrogens with one attached hydrogen (secondary N) is 2. The SMILES string of the molecule is C=C(C)C(=O)Nc1n[nH]c2c(Cl)c(C)nn12. The minimum atomic E-state index is -0.308. The summed E-state index contributed by atoms with van der Waals surface area (Å²) < 4.78 is 1.44. The standard InChI is InChI=1S/C9H10ClN5O/c1-4(2)8(16)11-9-13-12-7-6(10)5(3)14-15(7)9/h12H,1H2,2-3H3,(H,11,13,16). The fourth-order valence-corrected chi connectivity index (χ4v) is 1.36. The minimum absolute atomic E-state index is 0.290. The lowest BCUT2D eigenvalue weighted by atomic mass is 10.3. The number of amides is 1. The number of aryl methyl sites for hydroxylation is 1. The van der Waals surface area contributed by atoms with Gasteiger partial charge in [0.1, 0.15) is 5.02 Å². The van der Waals surface area contributed by atoms with Gasteiger partial charge < -0.3 is 0 Å². The van der Waals surface area contributed by atoms with Crippen molar-refractivity contribution in [2.75, 3.05) is 5.32 Å². The third-order valence-corrected chi connectivity index (χ3v) is 2.52. The molecule has 2 aromatic heterocycles. The van der Waals surface area contributed by atoms with Gasteiger partial charge in [-0.05, 0) is 13.8 Å². The predicted octanol–water partition coefficient (Wildman–Crippen LogP) is 1.53. The Morgan fingerprint density at radius 2 is 2.31 bits per heavy atom. The maximum Gasteiger partial charge on any atom is 0.253 e. The second-order valence-electron chi connectivity index (χ2n) is 3.44. The molecule has 0 aromatic carbocycles. The molecule has 1 amide bonds. The molecule has 0 radical (unpaired) electrons. The highest BCUT2D eigenvalue weighted by molar-refractivity contribution is 6.34. The summed E-state index contributed by atoms with van der Waals surface area (Å²) in [6.45, 7) is 6.92. The van der Waals surface area contributed by atoms with Gasteiger partial charge in [-0.2, -0.15) is 9.61 Å². The molecule has 7 heteroatoms. The van der Waals surface area contributed by atoms with E-state index in [4.69, 9.17) is 11.6 Å². The Morgan fingerprint density at radius 3 is 2.94 bits per heavy atom. The van der Waals surface area contributed by atoms with Crippen LogP contribution in [0.15, 0.2) is 12.2 Å². The number of H-pyrrole nitrogens is 1. The number of carbonyl (C=O) groups is 1. The Morgan fingerprint density at radius 1 is 1.62 bits per heavy atom. The normalized spacial score (nSPS) is 10.7. The van der Waals surface area contributed by atoms with Crippen LogP contribution in [0.3, 0.4) is 0 Å². The first-order valence-corrected chi connectivity index (χ1v) is 4.94. The molecule has 0 bridgehead atoms. The monoisotopic (exact) mass is 239 g/mol. The Labute approximate surface area is 96.3 Å². The molecule has 0 unspecified atom stereocenters. The zero-order valence-electron chi connectivity index (χ0n) is 8.83. The summed E-state index contributed by atoms with van der Waals surface area (Å²) in [6.07, 6.45) is 0. The molecule has 2 heterocycles. The minimum Gasteiger partial charge on any atom is -0.289 e. The molecule has 84 valence electrons. The molecule has 6 nitrogen and oxygen atoms in total. The van der Waals surface area contributed by atoms with E-state index in [0.29, 0.717) is 21.9 Å². The zero-order chi connectivity index (χ0) is 11.9. The number of hydrogen-bond acceptors (Lipinski definition) is 3. The number of carbonyl (C=O) groups excluding carboxylic acids is 1. The van der Waals surface area contributed by atoms with E-state index in [9.17, 15) is 4.79 Å². The van der Waals surface area contributed by atoms with Gasteiger partial charge in [0.05, 0.1) is 5.69 Å². The number of hydrogen-bond donors (Lipinski definition) is 2. The van der Waals surface area contributed by atoms with Gasteiger partial charge in [0, 0.05) is 5.57 Å². The highest BCUT2D eigenvalue weighted by atomic mass is 35.5.